The minimum absolute atomic E-state index is 0.529. The van der Waals surface area contributed by atoms with Crippen molar-refractivity contribution in [3.8, 4) is 0 Å². The summed E-state index contributed by atoms with van der Waals surface area (Å²) in [6.45, 7) is 7.83. The molecule has 1 rings (SSSR count). The molecule has 0 aromatic heterocycles. The molecular formula is C10H21BO. The second-order valence-electron chi connectivity index (χ2n) is 4.53. The Balaban J connectivity index is 2.52. The molecular weight excluding hydrogens is 147 g/mol. The highest BCUT2D eigenvalue weighted by atomic mass is 16.5. The van der Waals surface area contributed by atoms with Crippen LogP contribution >= 0.6 is 0 Å². The third-order valence-electron chi connectivity index (χ3n) is 3.01. The van der Waals surface area contributed by atoms with Crippen LogP contribution in [0.3, 0.4) is 0 Å². The summed E-state index contributed by atoms with van der Waals surface area (Å²) in [5, 5.41) is 0. The highest BCUT2D eigenvalue weighted by molar-refractivity contribution is 6.11. The van der Waals surface area contributed by atoms with Crippen molar-refractivity contribution in [1.82, 2.24) is 0 Å². The Morgan fingerprint density at radius 2 is 2.17 bits per heavy atom. The van der Waals surface area contributed by atoms with E-state index in [9.17, 15) is 0 Å². The van der Waals surface area contributed by atoms with Gasteiger partial charge in [-0.15, -0.1) is 0 Å². The number of ether oxygens (including phenoxy) is 1. The minimum atomic E-state index is 0.529. The molecule has 0 N–H and O–H groups in total. The molecule has 1 nitrogen and oxygen atoms in total. The van der Waals surface area contributed by atoms with Gasteiger partial charge in [0.25, 0.3) is 0 Å². The van der Waals surface area contributed by atoms with E-state index in [0.717, 1.165) is 24.3 Å². The quantitative estimate of drug-likeness (QED) is 0.572. The lowest BCUT2D eigenvalue weighted by atomic mass is 9.72. The maximum absolute atomic E-state index is 5.81. The summed E-state index contributed by atoms with van der Waals surface area (Å²) in [5.41, 5.74) is 0. The molecule has 0 radical (unpaired) electrons. The van der Waals surface area contributed by atoms with Gasteiger partial charge < -0.3 is 4.74 Å². The second kappa shape index (κ2) is 4.31. The summed E-state index contributed by atoms with van der Waals surface area (Å²) in [7, 11) is 2.29. The lowest BCUT2D eigenvalue weighted by Gasteiger charge is -2.37. The van der Waals surface area contributed by atoms with Gasteiger partial charge >= 0.3 is 0 Å². The van der Waals surface area contributed by atoms with Crippen molar-refractivity contribution in [3.05, 3.63) is 0 Å². The molecule has 12 heavy (non-hydrogen) atoms. The van der Waals surface area contributed by atoms with Crippen LogP contribution in [0.25, 0.3) is 0 Å². The van der Waals surface area contributed by atoms with Crippen LogP contribution in [0.5, 0.6) is 0 Å². The van der Waals surface area contributed by atoms with Crippen LogP contribution in [0, 0.1) is 11.8 Å². The van der Waals surface area contributed by atoms with Crippen LogP contribution in [-0.4, -0.2) is 20.6 Å². The van der Waals surface area contributed by atoms with E-state index in [1.165, 1.54) is 12.8 Å². The molecule has 70 valence electrons. The fourth-order valence-corrected chi connectivity index (χ4v) is 2.22. The third kappa shape index (κ3) is 2.26. The van der Waals surface area contributed by atoms with Gasteiger partial charge in [0.1, 0.15) is 7.85 Å². The van der Waals surface area contributed by atoms with Gasteiger partial charge in [-0.1, -0.05) is 20.8 Å². The molecule has 0 aliphatic carbocycles. The maximum atomic E-state index is 5.81. The summed E-state index contributed by atoms with van der Waals surface area (Å²) < 4.78 is 5.81. The third-order valence-corrected chi connectivity index (χ3v) is 3.01. The Hall–Kier alpha value is 0.0249. The molecule has 1 aliphatic heterocycles. The van der Waals surface area contributed by atoms with Crippen molar-refractivity contribution in [3.63, 3.8) is 0 Å². The van der Waals surface area contributed by atoms with E-state index in [2.05, 4.69) is 28.6 Å². The van der Waals surface area contributed by atoms with Crippen molar-refractivity contribution >= 4 is 7.85 Å². The molecule has 0 aromatic carbocycles. The maximum Gasteiger partial charge on any atom is 0.108 e. The van der Waals surface area contributed by atoms with Gasteiger partial charge in [-0.05, 0) is 30.5 Å². The van der Waals surface area contributed by atoms with Gasteiger partial charge in [0.15, 0.2) is 0 Å². The van der Waals surface area contributed by atoms with E-state index in [4.69, 9.17) is 4.74 Å². The zero-order valence-electron chi connectivity index (χ0n) is 8.84. The first-order chi connectivity index (χ1) is 5.65. The second-order valence-corrected chi connectivity index (χ2v) is 4.53. The highest BCUT2D eigenvalue weighted by Crippen LogP contribution is 2.33. The Morgan fingerprint density at radius 1 is 1.50 bits per heavy atom. The molecule has 0 spiro atoms. The number of hydrogen-bond donors (Lipinski definition) is 0. The first-order valence-electron chi connectivity index (χ1n) is 5.26. The van der Waals surface area contributed by atoms with Gasteiger partial charge in [-0.3, -0.25) is 0 Å². The van der Waals surface area contributed by atoms with Crippen LogP contribution in [0.2, 0.25) is 5.82 Å². The van der Waals surface area contributed by atoms with Crippen molar-refractivity contribution in [2.45, 2.75) is 45.5 Å². The topological polar surface area (TPSA) is 9.23 Å². The molecule has 2 heteroatoms. The van der Waals surface area contributed by atoms with Gasteiger partial charge in [0, 0.05) is 6.61 Å². The van der Waals surface area contributed by atoms with Crippen molar-refractivity contribution < 1.29 is 4.74 Å². The smallest absolute Gasteiger partial charge is 0.108 e. The summed E-state index contributed by atoms with van der Waals surface area (Å²) in [6, 6.07) is 0. The lowest BCUT2D eigenvalue weighted by molar-refractivity contribution is -0.0422. The monoisotopic (exact) mass is 168 g/mol. The average molecular weight is 168 g/mol. The van der Waals surface area contributed by atoms with E-state index >= 15 is 0 Å². The van der Waals surface area contributed by atoms with Gasteiger partial charge in [0.05, 0.1) is 6.10 Å². The van der Waals surface area contributed by atoms with Gasteiger partial charge in [-0.2, -0.15) is 0 Å². The zero-order chi connectivity index (χ0) is 9.14. The standard InChI is InChI=1S/C10H21BO/c1-4-10-9(7(2)3)5-8(11)6-12-10/h7-10H,4-6,11H2,1-3H3/t8-,9?,10+/m0/s1. The molecule has 1 fully saturated rings. The SMILES string of the molecule is B[C@@H]1CO[C@H](CC)C(C(C)C)C1. The van der Waals surface area contributed by atoms with Crippen LogP contribution in [0.1, 0.15) is 33.6 Å². The fourth-order valence-electron chi connectivity index (χ4n) is 2.22. The molecule has 1 saturated heterocycles. The van der Waals surface area contributed by atoms with Gasteiger partial charge in [0.2, 0.25) is 0 Å². The summed E-state index contributed by atoms with van der Waals surface area (Å²) in [6.07, 6.45) is 3.06. The first-order valence-corrected chi connectivity index (χ1v) is 5.26. The molecule has 0 bridgehead atoms. The Labute approximate surface area is 77.3 Å². The normalized spacial score (nSPS) is 37.2. The number of rotatable bonds is 2. The fraction of sp³-hybridized carbons (Fsp3) is 1.00. The van der Waals surface area contributed by atoms with E-state index in [0.29, 0.717) is 6.10 Å². The molecule has 3 atom stereocenters. The van der Waals surface area contributed by atoms with E-state index < -0.39 is 0 Å². The van der Waals surface area contributed by atoms with E-state index in [1.807, 2.05) is 0 Å². The van der Waals surface area contributed by atoms with Crippen LogP contribution in [-0.2, 0) is 4.74 Å². The number of hydrogen-bond acceptors (Lipinski definition) is 1. The predicted octanol–water partition coefficient (Wildman–Crippen LogP) is 1.88. The molecule has 1 aliphatic rings. The molecule has 0 saturated carbocycles. The zero-order valence-corrected chi connectivity index (χ0v) is 8.84. The Bertz CT molecular complexity index is 136. The van der Waals surface area contributed by atoms with E-state index in [-0.39, 0.29) is 0 Å². The Kier molecular flexibility index (Phi) is 3.63. The molecule has 0 amide bonds. The largest absolute Gasteiger partial charge is 0.378 e. The van der Waals surface area contributed by atoms with Crippen LogP contribution < -0.4 is 0 Å². The molecule has 1 unspecified atom stereocenters. The first kappa shape index (κ1) is 10.1. The van der Waals surface area contributed by atoms with Crippen LogP contribution in [0.4, 0.5) is 0 Å². The van der Waals surface area contributed by atoms with Gasteiger partial charge in [-0.25, -0.2) is 0 Å². The lowest BCUT2D eigenvalue weighted by Crippen LogP contribution is -2.35. The van der Waals surface area contributed by atoms with Crippen molar-refractivity contribution in [2.24, 2.45) is 11.8 Å². The summed E-state index contributed by atoms with van der Waals surface area (Å²) >= 11 is 0. The van der Waals surface area contributed by atoms with Crippen LogP contribution in [0.15, 0.2) is 0 Å². The average Bonchev–Trinajstić information content (AvgIpc) is 2.04. The Morgan fingerprint density at radius 3 is 2.67 bits per heavy atom. The molecule has 0 aromatic rings. The van der Waals surface area contributed by atoms with Crippen molar-refractivity contribution in [1.29, 1.82) is 0 Å². The summed E-state index contributed by atoms with van der Waals surface area (Å²) in [5.74, 6) is 2.33. The molecule has 1 heterocycles. The summed E-state index contributed by atoms with van der Waals surface area (Å²) in [4.78, 5) is 0. The minimum Gasteiger partial charge on any atom is -0.378 e. The van der Waals surface area contributed by atoms with Crippen molar-refractivity contribution in [2.75, 3.05) is 6.61 Å². The highest BCUT2D eigenvalue weighted by Gasteiger charge is 2.29. The predicted molar refractivity (Wildman–Crippen MR) is 55.3 cm³/mol. The van der Waals surface area contributed by atoms with E-state index in [1.54, 1.807) is 0 Å².